The maximum Gasteiger partial charge on any atom is 0.175 e. The van der Waals surface area contributed by atoms with Crippen LogP contribution in [0, 0.1) is 5.92 Å². The molecule has 20 heavy (non-hydrogen) atoms. The van der Waals surface area contributed by atoms with E-state index in [0.717, 1.165) is 42.0 Å². The number of nitrogens with one attached hydrogen (secondary N) is 1. The molecule has 4 heteroatoms. The van der Waals surface area contributed by atoms with Gasteiger partial charge in [-0.1, -0.05) is 20.8 Å². The van der Waals surface area contributed by atoms with Crippen LogP contribution in [0.15, 0.2) is 16.6 Å². The number of ether oxygens (including phenoxy) is 2. The Morgan fingerprint density at radius 2 is 2.00 bits per heavy atom. The average Bonchev–Trinajstić information content (AvgIpc) is 2.64. The van der Waals surface area contributed by atoms with Gasteiger partial charge in [0.25, 0.3) is 0 Å². The summed E-state index contributed by atoms with van der Waals surface area (Å²) in [4.78, 5) is 0. The van der Waals surface area contributed by atoms with Gasteiger partial charge in [0, 0.05) is 19.0 Å². The quantitative estimate of drug-likeness (QED) is 0.873. The van der Waals surface area contributed by atoms with E-state index in [2.05, 4.69) is 54.2 Å². The van der Waals surface area contributed by atoms with Crippen LogP contribution < -0.4 is 14.8 Å². The van der Waals surface area contributed by atoms with Crippen molar-refractivity contribution in [3.63, 3.8) is 0 Å². The fourth-order valence-corrected chi connectivity index (χ4v) is 3.09. The molecule has 1 aliphatic rings. The molecule has 0 aliphatic carbocycles. The zero-order valence-corrected chi connectivity index (χ0v) is 14.1. The van der Waals surface area contributed by atoms with Crippen LogP contribution in [-0.2, 0) is 6.54 Å². The number of benzene rings is 1. The molecule has 2 rings (SSSR count). The smallest absolute Gasteiger partial charge is 0.175 e. The van der Waals surface area contributed by atoms with Crippen molar-refractivity contribution in [1.82, 2.24) is 5.32 Å². The van der Waals surface area contributed by atoms with Crippen molar-refractivity contribution in [3.05, 3.63) is 22.2 Å². The standard InChI is InChI=1S/C16H24BrNO2/c1-4-14(11(2)3)18-10-12-8-13(17)16-15(9-12)19-6-5-7-20-16/h8-9,11,14,18H,4-7,10H2,1-3H3. The summed E-state index contributed by atoms with van der Waals surface area (Å²) >= 11 is 3.59. The molecule has 0 saturated heterocycles. The van der Waals surface area contributed by atoms with Crippen LogP contribution in [0.2, 0.25) is 0 Å². The van der Waals surface area contributed by atoms with Crippen LogP contribution in [-0.4, -0.2) is 19.3 Å². The Hall–Kier alpha value is -0.740. The Kier molecular flexibility index (Phi) is 5.73. The SMILES string of the molecule is CCC(NCc1cc(Br)c2c(c1)OCCCO2)C(C)C. The lowest BCUT2D eigenvalue weighted by atomic mass is 10.0. The molecule has 1 aliphatic heterocycles. The predicted octanol–water partition coefficient (Wildman–Crippen LogP) is 4.13. The van der Waals surface area contributed by atoms with E-state index >= 15 is 0 Å². The molecule has 1 aromatic rings. The summed E-state index contributed by atoms with van der Waals surface area (Å²) in [5.74, 6) is 2.33. The van der Waals surface area contributed by atoms with E-state index in [1.807, 2.05) is 0 Å². The van der Waals surface area contributed by atoms with Gasteiger partial charge in [-0.05, 0) is 46.0 Å². The highest BCUT2D eigenvalue weighted by molar-refractivity contribution is 9.10. The third-order valence-corrected chi connectivity index (χ3v) is 4.26. The zero-order valence-electron chi connectivity index (χ0n) is 12.5. The number of halogens is 1. The molecule has 0 amide bonds. The fourth-order valence-electron chi connectivity index (χ4n) is 2.49. The van der Waals surface area contributed by atoms with Gasteiger partial charge in [-0.25, -0.2) is 0 Å². The van der Waals surface area contributed by atoms with Crippen molar-refractivity contribution in [2.24, 2.45) is 5.92 Å². The third-order valence-electron chi connectivity index (χ3n) is 3.67. The van der Waals surface area contributed by atoms with E-state index in [1.165, 1.54) is 5.56 Å². The molecule has 112 valence electrons. The highest BCUT2D eigenvalue weighted by Crippen LogP contribution is 2.38. The molecule has 0 aromatic heterocycles. The summed E-state index contributed by atoms with van der Waals surface area (Å²) < 4.78 is 12.5. The van der Waals surface area contributed by atoms with E-state index in [0.29, 0.717) is 18.6 Å². The second kappa shape index (κ2) is 7.32. The van der Waals surface area contributed by atoms with Crippen LogP contribution in [0.1, 0.15) is 39.2 Å². The van der Waals surface area contributed by atoms with Gasteiger partial charge < -0.3 is 14.8 Å². The van der Waals surface area contributed by atoms with Crippen LogP contribution in [0.25, 0.3) is 0 Å². The molecule has 1 unspecified atom stereocenters. The van der Waals surface area contributed by atoms with Crippen molar-refractivity contribution < 1.29 is 9.47 Å². The van der Waals surface area contributed by atoms with Crippen molar-refractivity contribution in [2.45, 2.75) is 46.2 Å². The van der Waals surface area contributed by atoms with E-state index in [1.54, 1.807) is 0 Å². The first-order valence-electron chi connectivity index (χ1n) is 7.43. The van der Waals surface area contributed by atoms with Gasteiger partial charge in [0.15, 0.2) is 11.5 Å². The molecule has 1 heterocycles. The number of hydrogen-bond acceptors (Lipinski definition) is 3. The monoisotopic (exact) mass is 341 g/mol. The number of fused-ring (bicyclic) bond motifs is 1. The number of hydrogen-bond donors (Lipinski definition) is 1. The van der Waals surface area contributed by atoms with Crippen molar-refractivity contribution in [2.75, 3.05) is 13.2 Å². The van der Waals surface area contributed by atoms with E-state index < -0.39 is 0 Å². The molecule has 0 bridgehead atoms. The minimum Gasteiger partial charge on any atom is -0.490 e. The average molecular weight is 342 g/mol. The zero-order chi connectivity index (χ0) is 14.5. The van der Waals surface area contributed by atoms with Crippen LogP contribution in [0.5, 0.6) is 11.5 Å². The molecule has 1 aromatic carbocycles. The first kappa shape index (κ1) is 15.6. The van der Waals surface area contributed by atoms with Gasteiger partial charge in [0.1, 0.15) is 0 Å². The summed E-state index contributed by atoms with van der Waals surface area (Å²) in [5.41, 5.74) is 1.22. The first-order valence-corrected chi connectivity index (χ1v) is 8.22. The van der Waals surface area contributed by atoms with Crippen LogP contribution >= 0.6 is 15.9 Å². The van der Waals surface area contributed by atoms with E-state index in [-0.39, 0.29) is 0 Å². The largest absolute Gasteiger partial charge is 0.490 e. The summed E-state index contributed by atoms with van der Waals surface area (Å²) in [6.45, 7) is 9.03. The molecule has 1 N–H and O–H groups in total. The molecule has 1 atom stereocenters. The highest BCUT2D eigenvalue weighted by atomic mass is 79.9. The van der Waals surface area contributed by atoms with Crippen LogP contribution in [0.4, 0.5) is 0 Å². The minimum atomic E-state index is 0.546. The van der Waals surface area contributed by atoms with Gasteiger partial charge >= 0.3 is 0 Å². The number of rotatable bonds is 5. The van der Waals surface area contributed by atoms with Gasteiger partial charge in [-0.2, -0.15) is 0 Å². The Balaban J connectivity index is 2.09. The summed E-state index contributed by atoms with van der Waals surface area (Å²) in [5, 5.41) is 3.62. The maximum atomic E-state index is 5.77. The van der Waals surface area contributed by atoms with Crippen molar-refractivity contribution in [1.29, 1.82) is 0 Å². The third kappa shape index (κ3) is 3.89. The van der Waals surface area contributed by atoms with E-state index in [9.17, 15) is 0 Å². The normalized spacial score (nSPS) is 16.1. The molecular formula is C16H24BrNO2. The maximum absolute atomic E-state index is 5.77. The fraction of sp³-hybridized carbons (Fsp3) is 0.625. The second-order valence-electron chi connectivity index (χ2n) is 5.60. The topological polar surface area (TPSA) is 30.5 Å². The van der Waals surface area contributed by atoms with Crippen molar-refractivity contribution >= 4 is 15.9 Å². The van der Waals surface area contributed by atoms with Gasteiger partial charge in [0.05, 0.1) is 17.7 Å². The summed E-state index contributed by atoms with van der Waals surface area (Å²) in [6, 6.07) is 4.75. The Labute approximate surface area is 130 Å². The summed E-state index contributed by atoms with van der Waals surface area (Å²) in [6.07, 6.45) is 2.07. The van der Waals surface area contributed by atoms with Crippen molar-refractivity contribution in [3.8, 4) is 11.5 Å². The Morgan fingerprint density at radius 1 is 1.25 bits per heavy atom. The van der Waals surface area contributed by atoms with E-state index in [4.69, 9.17) is 9.47 Å². The Bertz CT molecular complexity index is 448. The molecule has 0 spiro atoms. The lowest BCUT2D eigenvalue weighted by Gasteiger charge is -2.21. The lowest BCUT2D eigenvalue weighted by Crippen LogP contribution is -2.32. The molecule has 0 fully saturated rings. The first-order chi connectivity index (χ1) is 9.61. The highest BCUT2D eigenvalue weighted by Gasteiger charge is 2.16. The molecule has 0 radical (unpaired) electrons. The Morgan fingerprint density at radius 3 is 2.70 bits per heavy atom. The second-order valence-corrected chi connectivity index (χ2v) is 6.45. The minimum absolute atomic E-state index is 0.546. The van der Waals surface area contributed by atoms with Crippen LogP contribution in [0.3, 0.4) is 0 Å². The molecule has 0 saturated carbocycles. The van der Waals surface area contributed by atoms with Gasteiger partial charge in [-0.15, -0.1) is 0 Å². The predicted molar refractivity (Wildman–Crippen MR) is 85.5 cm³/mol. The summed E-state index contributed by atoms with van der Waals surface area (Å²) in [7, 11) is 0. The molecule has 3 nitrogen and oxygen atoms in total. The lowest BCUT2D eigenvalue weighted by molar-refractivity contribution is 0.296. The van der Waals surface area contributed by atoms with Gasteiger partial charge in [-0.3, -0.25) is 0 Å². The van der Waals surface area contributed by atoms with Gasteiger partial charge in [0.2, 0.25) is 0 Å². The molecular weight excluding hydrogens is 318 g/mol.